The van der Waals surface area contributed by atoms with Crippen LogP contribution in [0.5, 0.6) is 0 Å². The second-order valence-electron chi connectivity index (χ2n) is 3.67. The van der Waals surface area contributed by atoms with E-state index in [9.17, 15) is 9.59 Å². The van der Waals surface area contributed by atoms with Crippen LogP contribution in [0.1, 0.15) is 16.1 Å². The fourth-order valence-corrected chi connectivity index (χ4v) is 1.43. The van der Waals surface area contributed by atoms with Gasteiger partial charge in [-0.3, -0.25) is 14.6 Å². The number of aromatic nitrogens is 3. The number of hydrogen-bond donors (Lipinski definition) is 2. The Kier molecular flexibility index (Phi) is 3.80. The Morgan fingerprint density at radius 1 is 1.33 bits per heavy atom. The standard InChI is InChI=1S/C12H12N4O2/c17-11-4-3-10(15-16-11)12(18)14-7-5-9-2-1-6-13-8-9/h1-4,6,8H,5,7H2,(H,14,18)(H,16,17). The van der Waals surface area contributed by atoms with Gasteiger partial charge in [0.05, 0.1) is 0 Å². The first-order chi connectivity index (χ1) is 8.75. The minimum Gasteiger partial charge on any atom is -0.350 e. The SMILES string of the molecule is O=C(NCCc1cccnc1)c1ccc(=O)[nH]n1. The highest BCUT2D eigenvalue weighted by molar-refractivity contribution is 5.91. The summed E-state index contributed by atoms with van der Waals surface area (Å²) in [4.78, 5) is 26.4. The molecule has 2 aromatic heterocycles. The summed E-state index contributed by atoms with van der Waals surface area (Å²) in [5, 5.41) is 8.57. The van der Waals surface area contributed by atoms with Crippen molar-refractivity contribution in [1.82, 2.24) is 20.5 Å². The normalized spacial score (nSPS) is 10.0. The fourth-order valence-electron chi connectivity index (χ4n) is 1.43. The van der Waals surface area contributed by atoms with Crippen LogP contribution in [0, 0.1) is 0 Å². The molecule has 2 N–H and O–H groups in total. The van der Waals surface area contributed by atoms with E-state index in [1.807, 2.05) is 12.1 Å². The quantitative estimate of drug-likeness (QED) is 0.800. The highest BCUT2D eigenvalue weighted by Crippen LogP contribution is 1.96. The molecule has 2 rings (SSSR count). The largest absolute Gasteiger partial charge is 0.350 e. The van der Waals surface area contributed by atoms with Gasteiger partial charge in [0, 0.05) is 25.0 Å². The predicted octanol–water partition coefficient (Wildman–Crippen LogP) is 0.137. The summed E-state index contributed by atoms with van der Waals surface area (Å²) in [7, 11) is 0. The molecule has 92 valence electrons. The third-order valence-electron chi connectivity index (χ3n) is 2.33. The van der Waals surface area contributed by atoms with Crippen molar-refractivity contribution >= 4 is 5.91 Å². The Morgan fingerprint density at radius 3 is 2.89 bits per heavy atom. The average Bonchev–Trinajstić information content (AvgIpc) is 2.40. The van der Waals surface area contributed by atoms with Crippen molar-refractivity contribution in [3.05, 3.63) is 58.3 Å². The van der Waals surface area contributed by atoms with E-state index in [4.69, 9.17) is 0 Å². The molecule has 0 saturated carbocycles. The molecule has 0 aliphatic rings. The lowest BCUT2D eigenvalue weighted by Gasteiger charge is -2.03. The molecule has 18 heavy (non-hydrogen) atoms. The second kappa shape index (κ2) is 5.72. The van der Waals surface area contributed by atoms with Crippen LogP contribution in [0.25, 0.3) is 0 Å². The maximum absolute atomic E-state index is 11.6. The predicted molar refractivity (Wildman–Crippen MR) is 65.1 cm³/mol. The van der Waals surface area contributed by atoms with E-state index in [1.54, 1.807) is 12.4 Å². The van der Waals surface area contributed by atoms with Crippen LogP contribution < -0.4 is 10.9 Å². The fraction of sp³-hybridized carbons (Fsp3) is 0.167. The summed E-state index contributed by atoms with van der Waals surface area (Å²) in [5.41, 5.74) is 0.912. The van der Waals surface area contributed by atoms with Crippen LogP contribution >= 0.6 is 0 Å². The molecular formula is C12H12N4O2. The van der Waals surface area contributed by atoms with Gasteiger partial charge >= 0.3 is 0 Å². The van der Waals surface area contributed by atoms with Gasteiger partial charge in [0.25, 0.3) is 11.5 Å². The minimum atomic E-state index is -0.332. The number of carbonyl (C=O) groups is 1. The molecule has 0 aliphatic carbocycles. The third kappa shape index (κ3) is 3.24. The third-order valence-corrected chi connectivity index (χ3v) is 2.33. The average molecular weight is 244 g/mol. The molecule has 6 heteroatoms. The summed E-state index contributed by atoms with van der Waals surface area (Å²) < 4.78 is 0. The molecule has 0 atom stereocenters. The summed E-state index contributed by atoms with van der Waals surface area (Å²) in [5.74, 6) is -0.310. The van der Waals surface area contributed by atoms with E-state index in [2.05, 4.69) is 20.5 Å². The Bertz CT molecular complexity index is 560. The number of nitrogens with zero attached hydrogens (tertiary/aromatic N) is 2. The topological polar surface area (TPSA) is 87.7 Å². The number of pyridine rings is 1. The molecule has 0 bridgehead atoms. The monoisotopic (exact) mass is 244 g/mol. The number of nitrogens with one attached hydrogen (secondary N) is 2. The zero-order valence-corrected chi connectivity index (χ0v) is 9.59. The lowest BCUT2D eigenvalue weighted by Crippen LogP contribution is -2.27. The summed E-state index contributed by atoms with van der Waals surface area (Å²) >= 11 is 0. The molecule has 0 aromatic carbocycles. The smallest absolute Gasteiger partial charge is 0.271 e. The zero-order valence-electron chi connectivity index (χ0n) is 9.59. The van der Waals surface area contributed by atoms with Crippen LogP contribution in [-0.2, 0) is 6.42 Å². The van der Waals surface area contributed by atoms with Gasteiger partial charge in [-0.05, 0) is 24.1 Å². The number of rotatable bonds is 4. The molecule has 6 nitrogen and oxygen atoms in total. The second-order valence-corrected chi connectivity index (χ2v) is 3.67. The summed E-state index contributed by atoms with van der Waals surface area (Å²) in [6.07, 6.45) is 4.15. The Labute approximate surface area is 103 Å². The molecule has 0 saturated heterocycles. The van der Waals surface area contributed by atoms with Gasteiger partial charge in [-0.15, -0.1) is 0 Å². The Balaban J connectivity index is 1.85. The Morgan fingerprint density at radius 2 is 2.22 bits per heavy atom. The van der Waals surface area contributed by atoms with E-state index >= 15 is 0 Å². The van der Waals surface area contributed by atoms with Gasteiger partial charge in [-0.1, -0.05) is 6.07 Å². The van der Waals surface area contributed by atoms with Crippen molar-refractivity contribution < 1.29 is 4.79 Å². The van der Waals surface area contributed by atoms with E-state index in [0.717, 1.165) is 5.56 Å². The van der Waals surface area contributed by atoms with Gasteiger partial charge in [-0.2, -0.15) is 5.10 Å². The molecule has 2 aromatic rings. The first kappa shape index (κ1) is 12.0. The molecule has 0 aliphatic heterocycles. The lowest BCUT2D eigenvalue weighted by molar-refractivity contribution is 0.0948. The van der Waals surface area contributed by atoms with Gasteiger partial charge in [-0.25, -0.2) is 5.10 Å². The first-order valence-electron chi connectivity index (χ1n) is 5.48. The number of carbonyl (C=O) groups excluding carboxylic acids is 1. The van der Waals surface area contributed by atoms with Crippen molar-refractivity contribution in [1.29, 1.82) is 0 Å². The molecule has 0 unspecified atom stereocenters. The van der Waals surface area contributed by atoms with E-state index in [1.165, 1.54) is 12.1 Å². The molecule has 2 heterocycles. The van der Waals surface area contributed by atoms with Crippen LogP contribution in [0.15, 0.2) is 41.5 Å². The molecule has 0 fully saturated rings. The Hall–Kier alpha value is -2.50. The summed E-state index contributed by atoms with van der Waals surface area (Å²) in [6.45, 7) is 0.491. The zero-order chi connectivity index (χ0) is 12.8. The number of hydrogen-bond acceptors (Lipinski definition) is 4. The van der Waals surface area contributed by atoms with E-state index in [-0.39, 0.29) is 17.2 Å². The van der Waals surface area contributed by atoms with Crippen molar-refractivity contribution in [3.8, 4) is 0 Å². The molecule has 1 amide bonds. The highest BCUT2D eigenvalue weighted by atomic mass is 16.2. The van der Waals surface area contributed by atoms with Crippen molar-refractivity contribution in [2.24, 2.45) is 0 Å². The van der Waals surface area contributed by atoms with Crippen LogP contribution in [0.2, 0.25) is 0 Å². The summed E-state index contributed by atoms with van der Waals surface area (Å²) in [6, 6.07) is 6.44. The molecule has 0 spiro atoms. The number of amides is 1. The van der Waals surface area contributed by atoms with Crippen molar-refractivity contribution in [2.45, 2.75) is 6.42 Å². The van der Waals surface area contributed by atoms with Crippen LogP contribution in [0.3, 0.4) is 0 Å². The van der Waals surface area contributed by atoms with Gasteiger partial charge in [0.2, 0.25) is 0 Å². The van der Waals surface area contributed by atoms with Gasteiger partial charge in [0.15, 0.2) is 0 Å². The van der Waals surface area contributed by atoms with Gasteiger partial charge in [0.1, 0.15) is 5.69 Å². The van der Waals surface area contributed by atoms with E-state index < -0.39 is 0 Å². The van der Waals surface area contributed by atoms with Crippen molar-refractivity contribution in [2.75, 3.05) is 6.54 Å². The van der Waals surface area contributed by atoms with Crippen LogP contribution in [-0.4, -0.2) is 27.6 Å². The van der Waals surface area contributed by atoms with E-state index in [0.29, 0.717) is 13.0 Å². The minimum absolute atomic E-state index is 0.195. The maximum Gasteiger partial charge on any atom is 0.271 e. The van der Waals surface area contributed by atoms with Crippen LogP contribution in [0.4, 0.5) is 0 Å². The highest BCUT2D eigenvalue weighted by Gasteiger charge is 2.06. The molecular weight excluding hydrogens is 232 g/mol. The number of H-pyrrole nitrogens is 1. The number of aromatic amines is 1. The maximum atomic E-state index is 11.6. The lowest BCUT2D eigenvalue weighted by atomic mass is 10.2. The molecule has 0 radical (unpaired) electrons. The van der Waals surface area contributed by atoms with Gasteiger partial charge < -0.3 is 5.32 Å². The van der Waals surface area contributed by atoms with Crippen molar-refractivity contribution in [3.63, 3.8) is 0 Å². The first-order valence-corrected chi connectivity index (χ1v) is 5.48.